The largest absolute Gasteiger partial charge is 0.0893 e. The van der Waals surface area contributed by atoms with Gasteiger partial charge in [-0.25, -0.2) is 0 Å². The molecule has 0 saturated carbocycles. The van der Waals surface area contributed by atoms with Crippen molar-refractivity contribution in [1.82, 2.24) is 0 Å². The molecule has 0 aromatic heterocycles. The molecule has 0 aliphatic heterocycles. The van der Waals surface area contributed by atoms with Gasteiger partial charge in [-0.3, -0.25) is 0 Å². The highest BCUT2D eigenvalue weighted by atomic mass is 15.1. The van der Waals surface area contributed by atoms with Gasteiger partial charge in [-0.1, -0.05) is 95.2 Å². The molecule has 0 heterocycles. The molecular formula is C28H18N6. The smallest absolute Gasteiger partial charge is 0.0511 e. The lowest BCUT2D eigenvalue weighted by Crippen LogP contribution is -1.88. The first kappa shape index (κ1) is 19.9. The maximum absolute atomic E-state index is 8.78. The number of hydrogen-bond donors (Lipinski definition) is 0. The van der Waals surface area contributed by atoms with Crippen molar-refractivity contribution < 1.29 is 0 Å². The summed E-state index contributed by atoms with van der Waals surface area (Å²) in [5.74, 6) is 0. The summed E-state index contributed by atoms with van der Waals surface area (Å²) in [6.45, 7) is 0.639. The van der Waals surface area contributed by atoms with Crippen LogP contribution in [-0.2, 0) is 13.1 Å². The summed E-state index contributed by atoms with van der Waals surface area (Å²) >= 11 is 0. The van der Waals surface area contributed by atoms with Crippen molar-refractivity contribution >= 4 is 53.9 Å². The Bertz CT molecular complexity index is 1730. The fourth-order valence-corrected chi connectivity index (χ4v) is 5.02. The van der Waals surface area contributed by atoms with Gasteiger partial charge in [-0.05, 0) is 76.1 Å². The van der Waals surface area contributed by atoms with Gasteiger partial charge >= 0.3 is 0 Å². The molecule has 6 aromatic carbocycles. The first-order valence-electron chi connectivity index (χ1n) is 11.0. The van der Waals surface area contributed by atoms with Crippen LogP contribution in [0.25, 0.3) is 74.7 Å². The molecule has 6 aromatic rings. The summed E-state index contributed by atoms with van der Waals surface area (Å²) in [6, 6.07) is 29.8. The molecule has 34 heavy (non-hydrogen) atoms. The maximum Gasteiger partial charge on any atom is 0.0511 e. The summed E-state index contributed by atoms with van der Waals surface area (Å²) in [6.07, 6.45) is 0. The van der Waals surface area contributed by atoms with Gasteiger partial charge in [0, 0.05) is 9.82 Å². The second-order valence-electron chi connectivity index (χ2n) is 8.45. The Kier molecular flexibility index (Phi) is 4.67. The third-order valence-corrected chi connectivity index (χ3v) is 6.54. The van der Waals surface area contributed by atoms with Gasteiger partial charge in [-0.15, -0.1) is 0 Å². The highest BCUT2D eigenvalue weighted by Crippen LogP contribution is 2.40. The van der Waals surface area contributed by atoms with Crippen molar-refractivity contribution in [2.24, 2.45) is 10.2 Å². The minimum atomic E-state index is 0.319. The molecule has 0 bridgehead atoms. The Balaban J connectivity index is 1.82. The lowest BCUT2D eigenvalue weighted by molar-refractivity contribution is 1.05. The number of azide groups is 2. The molecule has 0 aliphatic carbocycles. The minimum Gasteiger partial charge on any atom is -0.0893 e. The zero-order valence-corrected chi connectivity index (χ0v) is 18.2. The summed E-state index contributed by atoms with van der Waals surface area (Å²) in [7, 11) is 0. The lowest BCUT2D eigenvalue weighted by Gasteiger charge is -2.14. The Morgan fingerprint density at radius 2 is 0.824 bits per heavy atom. The molecule has 0 saturated heterocycles. The molecule has 0 fully saturated rings. The molecule has 6 rings (SSSR count). The van der Waals surface area contributed by atoms with Crippen molar-refractivity contribution in [3.63, 3.8) is 0 Å². The summed E-state index contributed by atoms with van der Waals surface area (Å²) < 4.78 is 0. The van der Waals surface area contributed by atoms with Crippen LogP contribution in [0.2, 0.25) is 0 Å². The van der Waals surface area contributed by atoms with Crippen LogP contribution >= 0.6 is 0 Å². The van der Waals surface area contributed by atoms with Crippen LogP contribution in [0.5, 0.6) is 0 Å². The zero-order chi connectivity index (χ0) is 23.1. The summed E-state index contributed by atoms with van der Waals surface area (Å²) in [4.78, 5) is 5.85. The number of fused-ring (bicyclic) bond motifs is 9. The SMILES string of the molecule is [N-]=[N+]=NCc1ccc2ccc3ccc4ccc5ccc6ccc(CN=[N+]=[N-])cc6c5c4c3c2c1. The number of hydrogen-bond acceptors (Lipinski definition) is 2. The third kappa shape index (κ3) is 3.14. The molecule has 0 atom stereocenters. The van der Waals surface area contributed by atoms with E-state index in [0.717, 1.165) is 43.4 Å². The van der Waals surface area contributed by atoms with Crippen LogP contribution in [0.15, 0.2) is 95.2 Å². The van der Waals surface area contributed by atoms with E-state index < -0.39 is 0 Å². The minimum absolute atomic E-state index is 0.319. The van der Waals surface area contributed by atoms with Gasteiger partial charge in [-0.2, -0.15) is 0 Å². The average molecular weight is 438 g/mol. The van der Waals surface area contributed by atoms with Gasteiger partial charge in [0.05, 0.1) is 13.1 Å². The van der Waals surface area contributed by atoms with E-state index in [0.29, 0.717) is 13.1 Å². The van der Waals surface area contributed by atoms with E-state index in [1.807, 2.05) is 12.1 Å². The molecule has 0 amide bonds. The first-order chi connectivity index (χ1) is 16.8. The summed E-state index contributed by atoms with van der Waals surface area (Å²) in [5.41, 5.74) is 19.5. The highest BCUT2D eigenvalue weighted by molar-refractivity contribution is 6.32. The molecule has 6 nitrogen and oxygen atoms in total. The van der Waals surface area contributed by atoms with E-state index in [-0.39, 0.29) is 0 Å². The fraction of sp³-hybridized carbons (Fsp3) is 0.0714. The predicted octanol–water partition coefficient (Wildman–Crippen LogP) is 9.07. The quantitative estimate of drug-likeness (QED) is 0.113. The second-order valence-corrected chi connectivity index (χ2v) is 8.45. The maximum atomic E-state index is 8.78. The van der Waals surface area contributed by atoms with Gasteiger partial charge < -0.3 is 0 Å². The van der Waals surface area contributed by atoms with Crippen molar-refractivity contribution in [2.45, 2.75) is 13.1 Å². The van der Waals surface area contributed by atoms with Crippen LogP contribution in [0.1, 0.15) is 11.1 Å². The third-order valence-electron chi connectivity index (χ3n) is 6.54. The standard InChI is InChI=1S/C28H18N6/c29-33-31-15-17-1-3-19-5-7-21-9-11-23-12-10-22-8-6-20-4-2-18(16-32-34-30)14-25(20)27(22)28(23)26(21)24(19)13-17/h1-14H,15-16H2. The lowest BCUT2D eigenvalue weighted by atomic mass is 9.90. The average Bonchev–Trinajstić information content (AvgIpc) is 2.89. The molecule has 0 N–H and O–H groups in total. The Morgan fingerprint density at radius 3 is 1.24 bits per heavy atom. The number of nitrogens with zero attached hydrogens (tertiary/aromatic N) is 6. The van der Waals surface area contributed by atoms with Crippen LogP contribution in [0.4, 0.5) is 0 Å². The van der Waals surface area contributed by atoms with Gasteiger partial charge in [0.2, 0.25) is 0 Å². The Labute approximate surface area is 194 Å². The summed E-state index contributed by atoms with van der Waals surface area (Å²) in [5, 5.41) is 19.2. The zero-order valence-electron chi connectivity index (χ0n) is 18.2. The molecule has 0 spiro atoms. The van der Waals surface area contributed by atoms with Crippen LogP contribution < -0.4 is 0 Å². The molecular weight excluding hydrogens is 420 g/mol. The first-order valence-corrected chi connectivity index (χ1v) is 11.0. The number of rotatable bonds is 4. The van der Waals surface area contributed by atoms with Crippen molar-refractivity contribution in [1.29, 1.82) is 0 Å². The second kappa shape index (κ2) is 7.98. The van der Waals surface area contributed by atoms with Crippen LogP contribution in [0, 0.1) is 0 Å². The van der Waals surface area contributed by atoms with E-state index >= 15 is 0 Å². The highest BCUT2D eigenvalue weighted by Gasteiger charge is 2.12. The van der Waals surface area contributed by atoms with Gasteiger partial charge in [0.15, 0.2) is 0 Å². The van der Waals surface area contributed by atoms with E-state index in [1.54, 1.807) is 0 Å². The Morgan fingerprint density at radius 1 is 0.471 bits per heavy atom. The molecule has 0 radical (unpaired) electrons. The van der Waals surface area contributed by atoms with Gasteiger partial charge in [0.1, 0.15) is 0 Å². The molecule has 6 heteroatoms. The van der Waals surface area contributed by atoms with E-state index in [9.17, 15) is 0 Å². The van der Waals surface area contributed by atoms with Crippen molar-refractivity contribution in [3.05, 3.63) is 117 Å². The normalized spacial score (nSPS) is 11.2. The fourth-order valence-electron chi connectivity index (χ4n) is 5.02. The van der Waals surface area contributed by atoms with Crippen LogP contribution in [0.3, 0.4) is 0 Å². The molecule has 0 aliphatic rings. The van der Waals surface area contributed by atoms with E-state index in [2.05, 4.69) is 92.8 Å². The van der Waals surface area contributed by atoms with E-state index in [4.69, 9.17) is 11.1 Å². The monoisotopic (exact) mass is 438 g/mol. The molecule has 160 valence electrons. The number of benzene rings is 6. The molecule has 0 unspecified atom stereocenters. The predicted molar refractivity (Wildman–Crippen MR) is 140 cm³/mol. The van der Waals surface area contributed by atoms with Gasteiger partial charge in [0.25, 0.3) is 0 Å². The Hall–Kier alpha value is -4.76. The van der Waals surface area contributed by atoms with Crippen molar-refractivity contribution in [2.75, 3.05) is 0 Å². The topological polar surface area (TPSA) is 97.5 Å². The van der Waals surface area contributed by atoms with Crippen molar-refractivity contribution in [3.8, 4) is 0 Å². The van der Waals surface area contributed by atoms with Crippen LogP contribution in [-0.4, -0.2) is 0 Å². The van der Waals surface area contributed by atoms with E-state index in [1.165, 1.54) is 21.5 Å².